The summed E-state index contributed by atoms with van der Waals surface area (Å²) >= 11 is 0. The van der Waals surface area contributed by atoms with E-state index in [0.717, 1.165) is 22.6 Å². The van der Waals surface area contributed by atoms with Gasteiger partial charge in [-0.05, 0) is 50.5 Å². The minimum atomic E-state index is 0.0307. The number of hydrogen-bond donors (Lipinski definition) is 2. The number of fused-ring (bicyclic) bond motifs is 2. The van der Waals surface area contributed by atoms with E-state index in [1.165, 1.54) is 16.6 Å². The summed E-state index contributed by atoms with van der Waals surface area (Å²) in [5.74, 6) is 0.412. The smallest absolute Gasteiger partial charge is 0.256 e. The first-order valence-electron chi connectivity index (χ1n) is 13.5. The third-order valence-electron chi connectivity index (χ3n) is 4.15. The summed E-state index contributed by atoms with van der Waals surface area (Å²) in [6, 6.07) is 7.78. The molecular formula is C30H54N4O. The lowest BCUT2D eigenvalue weighted by Crippen LogP contribution is -2.10. The van der Waals surface area contributed by atoms with E-state index in [1.807, 2.05) is 102 Å². The van der Waals surface area contributed by atoms with Gasteiger partial charge in [-0.15, -0.1) is 0 Å². The number of imidazole rings is 1. The highest BCUT2D eigenvalue weighted by molar-refractivity contribution is 5.79. The van der Waals surface area contributed by atoms with Crippen molar-refractivity contribution in [1.82, 2.24) is 19.4 Å². The number of aromatic amines is 2. The predicted octanol–water partition coefficient (Wildman–Crippen LogP) is 9.37. The molecule has 0 spiro atoms. The highest BCUT2D eigenvalue weighted by atomic mass is 16.1. The van der Waals surface area contributed by atoms with Gasteiger partial charge in [0.25, 0.3) is 5.56 Å². The van der Waals surface area contributed by atoms with E-state index in [-0.39, 0.29) is 5.56 Å². The van der Waals surface area contributed by atoms with Crippen LogP contribution in [-0.4, -0.2) is 19.4 Å². The average molecular weight is 487 g/mol. The van der Waals surface area contributed by atoms with Gasteiger partial charge in [0.15, 0.2) is 0 Å². The topological polar surface area (TPSA) is 65.9 Å². The summed E-state index contributed by atoms with van der Waals surface area (Å²) in [4.78, 5) is 22.3. The van der Waals surface area contributed by atoms with E-state index in [4.69, 9.17) is 0 Å². The molecule has 0 bridgehead atoms. The molecule has 0 amide bonds. The van der Waals surface area contributed by atoms with Crippen LogP contribution in [0.2, 0.25) is 0 Å². The fourth-order valence-corrected chi connectivity index (χ4v) is 2.83. The zero-order valence-electron chi connectivity index (χ0n) is 25.3. The Kier molecular flexibility index (Phi) is 22.8. The van der Waals surface area contributed by atoms with E-state index in [9.17, 15) is 4.79 Å². The SMILES string of the molecule is CC.CC.CC.CC.CC.Cc1cc(=O)n2cc(C(C)C)[nH]c2c1.Cc1cc2[nH]c(C)cc2cn1. The molecule has 0 unspecified atom stereocenters. The molecule has 4 aromatic rings. The van der Waals surface area contributed by atoms with Gasteiger partial charge < -0.3 is 9.97 Å². The maximum atomic E-state index is 11.6. The van der Waals surface area contributed by atoms with Crippen molar-refractivity contribution in [1.29, 1.82) is 0 Å². The van der Waals surface area contributed by atoms with Crippen molar-refractivity contribution < 1.29 is 0 Å². The quantitative estimate of drug-likeness (QED) is 0.281. The van der Waals surface area contributed by atoms with Crippen molar-refractivity contribution in [2.75, 3.05) is 0 Å². The second kappa shape index (κ2) is 21.7. The zero-order chi connectivity index (χ0) is 28.1. The number of H-pyrrole nitrogens is 2. The monoisotopic (exact) mass is 486 g/mol. The highest BCUT2D eigenvalue weighted by Crippen LogP contribution is 2.14. The molecule has 0 saturated carbocycles. The highest BCUT2D eigenvalue weighted by Gasteiger charge is 2.05. The van der Waals surface area contributed by atoms with Crippen molar-refractivity contribution in [3.05, 3.63) is 69.7 Å². The minimum absolute atomic E-state index is 0.0307. The molecule has 0 aromatic carbocycles. The molecule has 200 valence electrons. The van der Waals surface area contributed by atoms with Crippen LogP contribution in [0.25, 0.3) is 16.6 Å². The van der Waals surface area contributed by atoms with Gasteiger partial charge in [-0.1, -0.05) is 83.1 Å². The maximum Gasteiger partial charge on any atom is 0.256 e. The normalized spacial score (nSPS) is 8.80. The lowest BCUT2D eigenvalue weighted by Gasteiger charge is -1.96. The lowest BCUT2D eigenvalue weighted by molar-refractivity contribution is 0.833. The summed E-state index contributed by atoms with van der Waals surface area (Å²) < 4.78 is 1.66. The molecule has 0 saturated heterocycles. The van der Waals surface area contributed by atoms with Gasteiger partial charge in [-0.25, -0.2) is 0 Å². The van der Waals surface area contributed by atoms with E-state index in [1.54, 1.807) is 10.5 Å². The number of pyridine rings is 2. The zero-order valence-corrected chi connectivity index (χ0v) is 25.3. The van der Waals surface area contributed by atoms with Crippen LogP contribution < -0.4 is 5.56 Å². The Hall–Kier alpha value is -2.82. The van der Waals surface area contributed by atoms with Gasteiger partial charge in [0.2, 0.25) is 0 Å². The molecule has 0 fully saturated rings. The summed E-state index contributed by atoms with van der Waals surface area (Å²) in [7, 11) is 0. The fraction of sp³-hybridized carbons (Fsp3) is 0.533. The molecule has 0 radical (unpaired) electrons. The lowest BCUT2D eigenvalue weighted by atomic mass is 10.2. The van der Waals surface area contributed by atoms with E-state index in [2.05, 4.69) is 47.9 Å². The van der Waals surface area contributed by atoms with Gasteiger partial charge in [0.05, 0.1) is 0 Å². The number of hydrogen-bond acceptors (Lipinski definition) is 2. The van der Waals surface area contributed by atoms with Crippen LogP contribution in [0.4, 0.5) is 0 Å². The van der Waals surface area contributed by atoms with E-state index >= 15 is 0 Å². The number of nitrogens with zero attached hydrogens (tertiary/aromatic N) is 2. The second-order valence-corrected chi connectivity index (χ2v) is 6.86. The van der Waals surface area contributed by atoms with Crippen molar-refractivity contribution in [2.24, 2.45) is 0 Å². The average Bonchev–Trinajstić information content (AvgIpc) is 3.48. The van der Waals surface area contributed by atoms with E-state index in [0.29, 0.717) is 5.92 Å². The summed E-state index contributed by atoms with van der Waals surface area (Å²) in [6.45, 7) is 30.2. The van der Waals surface area contributed by atoms with Gasteiger partial charge in [-0.2, -0.15) is 0 Å². The largest absolute Gasteiger partial charge is 0.359 e. The molecule has 0 aliphatic carbocycles. The van der Waals surface area contributed by atoms with Crippen molar-refractivity contribution in [3.8, 4) is 0 Å². The van der Waals surface area contributed by atoms with Crippen LogP contribution in [0.1, 0.15) is 112 Å². The first-order chi connectivity index (χ1) is 16.8. The Morgan fingerprint density at radius 1 is 0.771 bits per heavy atom. The van der Waals surface area contributed by atoms with Gasteiger partial charge in [-0.3, -0.25) is 14.2 Å². The minimum Gasteiger partial charge on any atom is -0.359 e. The molecule has 0 aliphatic heterocycles. The molecule has 4 rings (SSSR count). The second-order valence-electron chi connectivity index (χ2n) is 6.86. The van der Waals surface area contributed by atoms with Gasteiger partial charge in [0, 0.05) is 46.4 Å². The third-order valence-corrected chi connectivity index (χ3v) is 4.15. The number of rotatable bonds is 1. The third kappa shape index (κ3) is 12.4. The molecule has 4 aromatic heterocycles. The van der Waals surface area contributed by atoms with Crippen LogP contribution in [-0.2, 0) is 0 Å². The number of aromatic nitrogens is 4. The molecular weight excluding hydrogens is 432 g/mol. The van der Waals surface area contributed by atoms with Crippen LogP contribution in [0.3, 0.4) is 0 Å². The van der Waals surface area contributed by atoms with Crippen molar-refractivity contribution in [3.63, 3.8) is 0 Å². The fourth-order valence-electron chi connectivity index (χ4n) is 2.83. The maximum absolute atomic E-state index is 11.6. The molecule has 5 heteroatoms. The standard InChI is InChI=1S/C11H14N2O.C9H10N2.5C2H6/c1-7(2)9-6-13-10(12-9)4-8(3)5-11(13)14;1-6-4-9-8(5-10-6)3-7(2)11-9;5*1-2/h4-7,12H,1-3H3;3-5,11H,1-2H3;5*1-2H3. The molecule has 0 aliphatic rings. The van der Waals surface area contributed by atoms with Crippen LogP contribution in [0.5, 0.6) is 0 Å². The van der Waals surface area contributed by atoms with Crippen LogP contribution >= 0.6 is 0 Å². The molecule has 0 atom stereocenters. The summed E-state index contributed by atoms with van der Waals surface area (Å²) in [6.07, 6.45) is 3.77. The molecule has 4 heterocycles. The Morgan fingerprint density at radius 2 is 1.31 bits per heavy atom. The first-order valence-corrected chi connectivity index (χ1v) is 13.5. The summed E-state index contributed by atoms with van der Waals surface area (Å²) in [5, 5.41) is 1.19. The van der Waals surface area contributed by atoms with Crippen LogP contribution in [0, 0.1) is 20.8 Å². The Morgan fingerprint density at radius 3 is 1.83 bits per heavy atom. The number of aryl methyl sites for hydroxylation is 3. The molecule has 5 nitrogen and oxygen atoms in total. The van der Waals surface area contributed by atoms with Gasteiger partial charge in [0.1, 0.15) is 5.65 Å². The Balaban J connectivity index is -0.000000437. The Bertz CT molecular complexity index is 1080. The predicted molar refractivity (Wildman–Crippen MR) is 159 cm³/mol. The Labute approximate surface area is 215 Å². The first kappa shape index (κ1) is 36.7. The van der Waals surface area contributed by atoms with Crippen LogP contribution in [0.15, 0.2) is 41.5 Å². The van der Waals surface area contributed by atoms with Gasteiger partial charge >= 0.3 is 0 Å². The van der Waals surface area contributed by atoms with E-state index < -0.39 is 0 Å². The number of nitrogens with one attached hydrogen (secondary N) is 2. The van der Waals surface area contributed by atoms with Crippen molar-refractivity contribution in [2.45, 2.75) is 110 Å². The molecule has 2 N–H and O–H groups in total. The molecule has 35 heavy (non-hydrogen) atoms. The summed E-state index contributed by atoms with van der Waals surface area (Å²) in [5.41, 5.74) is 6.41. The van der Waals surface area contributed by atoms with Crippen molar-refractivity contribution >= 4 is 16.6 Å².